The number of carboxylic acid groups (broad SMARTS) is 1. The maximum atomic E-state index is 12.4. The molecule has 0 aromatic heterocycles. The van der Waals surface area contributed by atoms with E-state index >= 15 is 0 Å². The van der Waals surface area contributed by atoms with Crippen molar-refractivity contribution in [1.82, 2.24) is 4.90 Å². The van der Waals surface area contributed by atoms with Crippen molar-refractivity contribution in [2.75, 3.05) is 14.1 Å². The third kappa shape index (κ3) is 3.04. The summed E-state index contributed by atoms with van der Waals surface area (Å²) >= 11 is 0. The van der Waals surface area contributed by atoms with Gasteiger partial charge in [-0.3, -0.25) is 4.79 Å². The minimum Gasteiger partial charge on any atom is -0.480 e. The molecule has 116 valence electrons. The monoisotopic (exact) mass is 297 g/mol. The lowest BCUT2D eigenvalue weighted by Gasteiger charge is -2.35. The van der Waals surface area contributed by atoms with Crippen LogP contribution in [-0.2, 0) is 10.2 Å². The summed E-state index contributed by atoms with van der Waals surface area (Å²) < 4.78 is 0. The van der Waals surface area contributed by atoms with Crippen molar-refractivity contribution in [3.63, 3.8) is 0 Å². The average Bonchev–Trinajstić information content (AvgIpc) is 2.53. The van der Waals surface area contributed by atoms with Crippen LogP contribution >= 0.6 is 0 Å². The molecule has 3 nitrogen and oxygen atoms in total. The number of nitrogens with zero attached hydrogens (tertiary/aromatic N) is 1. The Morgan fingerprint density at radius 3 is 1.73 bits per heavy atom. The Balaban J connectivity index is 2.63. The molecule has 0 saturated carbocycles. The fourth-order valence-electron chi connectivity index (χ4n) is 2.81. The molecule has 0 amide bonds. The van der Waals surface area contributed by atoms with Gasteiger partial charge in [0.05, 0.1) is 0 Å². The van der Waals surface area contributed by atoms with E-state index in [9.17, 15) is 9.90 Å². The number of aliphatic carboxylic acids is 1. The Hall–Kier alpha value is -2.13. The third-order valence-electron chi connectivity index (χ3n) is 4.38. The molecule has 2 aromatic rings. The highest BCUT2D eigenvalue weighted by atomic mass is 16.4. The molecule has 0 aliphatic rings. The summed E-state index contributed by atoms with van der Waals surface area (Å²) in [6.45, 7) is 2.06. The number of hydrogen-bond acceptors (Lipinski definition) is 2. The van der Waals surface area contributed by atoms with E-state index in [1.165, 1.54) is 0 Å². The molecule has 22 heavy (non-hydrogen) atoms. The molecule has 2 rings (SSSR count). The van der Waals surface area contributed by atoms with Crippen molar-refractivity contribution in [3.8, 4) is 0 Å². The molecule has 0 radical (unpaired) electrons. The largest absolute Gasteiger partial charge is 0.480 e. The van der Waals surface area contributed by atoms with Gasteiger partial charge in [0.15, 0.2) is 0 Å². The van der Waals surface area contributed by atoms with Crippen molar-refractivity contribution >= 4 is 5.97 Å². The highest BCUT2D eigenvalue weighted by Gasteiger charge is 2.43. The van der Waals surface area contributed by atoms with Crippen LogP contribution in [0, 0.1) is 0 Å². The number of rotatable bonds is 6. The van der Waals surface area contributed by atoms with E-state index in [2.05, 4.69) is 11.8 Å². The molecule has 0 aliphatic carbocycles. The zero-order valence-corrected chi connectivity index (χ0v) is 13.4. The van der Waals surface area contributed by atoms with Crippen LogP contribution in [0.2, 0.25) is 0 Å². The number of benzene rings is 2. The van der Waals surface area contributed by atoms with Crippen molar-refractivity contribution in [2.24, 2.45) is 0 Å². The second kappa shape index (κ2) is 6.75. The van der Waals surface area contributed by atoms with Gasteiger partial charge in [-0.1, -0.05) is 60.7 Å². The lowest BCUT2D eigenvalue weighted by molar-refractivity contribution is -0.142. The van der Waals surface area contributed by atoms with E-state index in [0.29, 0.717) is 6.42 Å². The molecule has 0 bridgehead atoms. The van der Waals surface area contributed by atoms with Crippen LogP contribution in [0.5, 0.6) is 0 Å². The van der Waals surface area contributed by atoms with Crippen molar-refractivity contribution in [2.45, 2.75) is 24.8 Å². The first-order chi connectivity index (χ1) is 10.5. The van der Waals surface area contributed by atoms with Crippen LogP contribution in [-0.4, -0.2) is 36.1 Å². The van der Waals surface area contributed by atoms with E-state index in [1.807, 2.05) is 74.8 Å². The first kappa shape index (κ1) is 16.2. The van der Waals surface area contributed by atoms with Crippen LogP contribution in [0.1, 0.15) is 24.5 Å². The van der Waals surface area contributed by atoms with E-state index in [-0.39, 0.29) is 6.04 Å². The first-order valence-corrected chi connectivity index (χ1v) is 7.49. The summed E-state index contributed by atoms with van der Waals surface area (Å²) in [7, 11) is 3.96. The van der Waals surface area contributed by atoms with Crippen LogP contribution in [0.15, 0.2) is 60.7 Å². The zero-order chi connectivity index (χ0) is 16.2. The fraction of sp³-hybridized carbons (Fsp3) is 0.316. The van der Waals surface area contributed by atoms with Gasteiger partial charge in [0.1, 0.15) is 5.41 Å². The van der Waals surface area contributed by atoms with Gasteiger partial charge in [-0.2, -0.15) is 0 Å². The summed E-state index contributed by atoms with van der Waals surface area (Å²) in [6, 6.07) is 19.2. The molecule has 0 heterocycles. The second-order valence-corrected chi connectivity index (χ2v) is 5.96. The van der Waals surface area contributed by atoms with Crippen LogP contribution in [0.4, 0.5) is 0 Å². The van der Waals surface area contributed by atoms with Crippen molar-refractivity contribution in [3.05, 3.63) is 71.8 Å². The second-order valence-electron chi connectivity index (χ2n) is 5.96. The van der Waals surface area contributed by atoms with Crippen LogP contribution in [0.3, 0.4) is 0 Å². The molecule has 0 fully saturated rings. The van der Waals surface area contributed by atoms with Gasteiger partial charge in [-0.05, 0) is 38.6 Å². The normalized spacial score (nSPS) is 13.1. The molecule has 0 spiro atoms. The van der Waals surface area contributed by atoms with Gasteiger partial charge in [-0.15, -0.1) is 0 Å². The van der Waals surface area contributed by atoms with E-state index in [1.54, 1.807) is 0 Å². The molecule has 0 unspecified atom stereocenters. The van der Waals surface area contributed by atoms with Gasteiger partial charge in [0.2, 0.25) is 0 Å². The molecule has 1 N–H and O–H groups in total. The highest BCUT2D eigenvalue weighted by Crippen LogP contribution is 2.37. The summed E-state index contributed by atoms with van der Waals surface area (Å²) in [5, 5.41) is 10.1. The van der Waals surface area contributed by atoms with Crippen molar-refractivity contribution < 1.29 is 9.90 Å². The number of carbonyl (C=O) groups is 1. The lowest BCUT2D eigenvalue weighted by Crippen LogP contribution is -2.43. The van der Waals surface area contributed by atoms with Crippen LogP contribution in [0.25, 0.3) is 0 Å². The molecule has 0 aliphatic heterocycles. The Kier molecular flexibility index (Phi) is 4.99. The summed E-state index contributed by atoms with van der Waals surface area (Å²) in [6.07, 6.45) is 0.517. The smallest absolute Gasteiger partial charge is 0.318 e. The van der Waals surface area contributed by atoms with E-state index in [0.717, 1.165) is 11.1 Å². The molecule has 3 heteroatoms. The Morgan fingerprint density at radius 1 is 1.00 bits per heavy atom. The summed E-state index contributed by atoms with van der Waals surface area (Å²) in [5.41, 5.74) is 0.608. The number of carboxylic acids is 1. The maximum absolute atomic E-state index is 12.4. The van der Waals surface area contributed by atoms with E-state index < -0.39 is 11.4 Å². The Bertz CT molecular complexity index is 568. The quantitative estimate of drug-likeness (QED) is 0.888. The maximum Gasteiger partial charge on any atom is 0.318 e. The van der Waals surface area contributed by atoms with Crippen molar-refractivity contribution in [1.29, 1.82) is 0 Å². The predicted molar refractivity (Wildman–Crippen MR) is 89.1 cm³/mol. The van der Waals surface area contributed by atoms with Gasteiger partial charge in [0, 0.05) is 6.04 Å². The van der Waals surface area contributed by atoms with Gasteiger partial charge < -0.3 is 10.0 Å². The topological polar surface area (TPSA) is 40.5 Å². The lowest BCUT2D eigenvalue weighted by atomic mass is 9.70. The Labute approximate surface area is 132 Å². The molecule has 1 atom stereocenters. The minimum atomic E-state index is -1.04. The average molecular weight is 297 g/mol. The standard InChI is InChI=1S/C19H23NO2/c1-15(20(2)3)14-19(18(21)22,16-10-6-4-7-11-16)17-12-8-5-9-13-17/h4-13,15H,14H2,1-3H3,(H,21,22)/t15-/m0/s1. The SMILES string of the molecule is C[C@@H](CC(C(=O)O)(c1ccccc1)c1ccccc1)N(C)C. The van der Waals surface area contributed by atoms with Gasteiger partial charge >= 0.3 is 5.97 Å². The molecular formula is C19H23NO2. The Morgan fingerprint density at radius 2 is 1.41 bits per heavy atom. The molecule has 0 saturated heterocycles. The third-order valence-corrected chi connectivity index (χ3v) is 4.38. The van der Waals surface area contributed by atoms with Crippen LogP contribution < -0.4 is 0 Å². The van der Waals surface area contributed by atoms with E-state index in [4.69, 9.17) is 0 Å². The fourth-order valence-corrected chi connectivity index (χ4v) is 2.81. The molecule has 2 aromatic carbocycles. The zero-order valence-electron chi connectivity index (χ0n) is 13.4. The predicted octanol–water partition coefficient (Wildman–Crippen LogP) is 3.40. The summed E-state index contributed by atoms with van der Waals surface area (Å²) in [5.74, 6) is -0.807. The first-order valence-electron chi connectivity index (χ1n) is 7.49. The summed E-state index contributed by atoms with van der Waals surface area (Å²) in [4.78, 5) is 14.4. The number of hydrogen-bond donors (Lipinski definition) is 1. The van der Waals surface area contributed by atoms with Gasteiger partial charge in [0.25, 0.3) is 0 Å². The highest BCUT2D eigenvalue weighted by molar-refractivity contribution is 5.86. The molecular weight excluding hydrogens is 274 g/mol. The van der Waals surface area contributed by atoms with Gasteiger partial charge in [-0.25, -0.2) is 0 Å². The minimum absolute atomic E-state index is 0.136.